The van der Waals surface area contributed by atoms with E-state index in [-0.39, 0.29) is 6.61 Å². The van der Waals surface area contributed by atoms with Crippen LogP contribution >= 0.6 is 0 Å². The molecular weight excluding hydrogens is 454 g/mol. The van der Waals surface area contributed by atoms with Crippen molar-refractivity contribution in [3.63, 3.8) is 0 Å². The number of nitrogens with zero attached hydrogens (tertiary/aromatic N) is 3. The number of benzene rings is 3. The summed E-state index contributed by atoms with van der Waals surface area (Å²) in [5.74, 6) is 2.62. The molecule has 1 saturated heterocycles. The van der Waals surface area contributed by atoms with Crippen molar-refractivity contribution in [2.75, 3.05) is 6.61 Å². The number of hydrogen-bond donors (Lipinski definition) is 0. The minimum absolute atomic E-state index is 0.237. The molecular formula is C29H29N3O4. The highest BCUT2D eigenvalue weighted by atomic mass is 16.6. The Kier molecular flexibility index (Phi) is 9.52. The minimum Gasteiger partial charge on any atom is -0.374 e. The van der Waals surface area contributed by atoms with Crippen LogP contribution in [0.5, 0.6) is 0 Å². The molecule has 184 valence electrons. The van der Waals surface area contributed by atoms with Crippen molar-refractivity contribution in [2.45, 2.75) is 50.3 Å². The van der Waals surface area contributed by atoms with Gasteiger partial charge in [0, 0.05) is 4.91 Å². The van der Waals surface area contributed by atoms with Gasteiger partial charge in [-0.05, 0) is 22.2 Å². The monoisotopic (exact) mass is 483 g/mol. The van der Waals surface area contributed by atoms with E-state index < -0.39 is 30.5 Å². The van der Waals surface area contributed by atoms with Crippen LogP contribution < -0.4 is 0 Å². The van der Waals surface area contributed by atoms with Gasteiger partial charge in [-0.3, -0.25) is 0 Å². The van der Waals surface area contributed by atoms with Crippen LogP contribution in [0.4, 0.5) is 0 Å². The van der Waals surface area contributed by atoms with Crippen molar-refractivity contribution in [2.24, 2.45) is 5.11 Å². The van der Waals surface area contributed by atoms with Crippen LogP contribution in [0.2, 0.25) is 0 Å². The molecule has 5 atom stereocenters. The molecule has 0 amide bonds. The fourth-order valence-corrected chi connectivity index (χ4v) is 4.18. The number of rotatable bonds is 11. The Hall–Kier alpha value is -3.63. The first-order chi connectivity index (χ1) is 17.8. The Morgan fingerprint density at radius 3 is 1.78 bits per heavy atom. The molecule has 3 aromatic rings. The van der Waals surface area contributed by atoms with Crippen molar-refractivity contribution >= 4 is 0 Å². The molecule has 1 aliphatic rings. The molecule has 0 saturated carbocycles. The summed E-state index contributed by atoms with van der Waals surface area (Å²) in [5.41, 5.74) is 12.3. The van der Waals surface area contributed by atoms with Gasteiger partial charge in [-0.2, -0.15) is 0 Å². The SMILES string of the molecule is C#C[C@H]1O[C@H](COCc2ccccc2)[C@@H](OCc2ccccc2)[C@H](OCc2ccccc2)[C@@H]1N=[N+]=[N-]. The molecule has 7 heteroatoms. The predicted molar refractivity (Wildman–Crippen MR) is 137 cm³/mol. The fourth-order valence-electron chi connectivity index (χ4n) is 4.18. The Bertz CT molecular complexity index is 1150. The quantitative estimate of drug-likeness (QED) is 0.157. The summed E-state index contributed by atoms with van der Waals surface area (Å²) in [6, 6.07) is 28.8. The highest BCUT2D eigenvalue weighted by Crippen LogP contribution is 2.30. The summed E-state index contributed by atoms with van der Waals surface area (Å²) >= 11 is 0. The summed E-state index contributed by atoms with van der Waals surface area (Å²) in [5, 5.41) is 3.96. The number of hydrogen-bond acceptors (Lipinski definition) is 5. The summed E-state index contributed by atoms with van der Waals surface area (Å²) in [7, 11) is 0. The third kappa shape index (κ3) is 6.96. The lowest BCUT2D eigenvalue weighted by Gasteiger charge is -2.43. The minimum atomic E-state index is -0.774. The van der Waals surface area contributed by atoms with E-state index in [4.69, 9.17) is 25.4 Å². The van der Waals surface area contributed by atoms with Gasteiger partial charge in [0.1, 0.15) is 24.4 Å². The van der Waals surface area contributed by atoms with Crippen molar-refractivity contribution in [3.05, 3.63) is 118 Å². The average molecular weight is 484 g/mol. The average Bonchev–Trinajstić information content (AvgIpc) is 2.93. The summed E-state index contributed by atoms with van der Waals surface area (Å²) < 4.78 is 24.9. The van der Waals surface area contributed by atoms with Crippen LogP contribution in [0.3, 0.4) is 0 Å². The van der Waals surface area contributed by atoms with E-state index in [1.807, 2.05) is 91.0 Å². The molecule has 0 bridgehead atoms. The van der Waals surface area contributed by atoms with Gasteiger partial charge in [-0.1, -0.05) is 102 Å². The summed E-state index contributed by atoms with van der Waals surface area (Å²) in [4.78, 5) is 3.03. The van der Waals surface area contributed by atoms with Gasteiger partial charge in [0.05, 0.1) is 32.5 Å². The molecule has 1 heterocycles. The highest BCUT2D eigenvalue weighted by Gasteiger charge is 2.46. The van der Waals surface area contributed by atoms with E-state index in [9.17, 15) is 5.53 Å². The molecule has 0 aromatic heterocycles. The highest BCUT2D eigenvalue weighted by molar-refractivity contribution is 5.16. The molecule has 1 fully saturated rings. The standard InChI is InChI=1S/C29H29N3O4/c1-2-25-27(31-32-30)29(35-20-24-16-10-5-11-17-24)28(34-19-23-14-8-4-9-15-23)26(36-25)21-33-18-22-12-6-3-7-13-22/h1,3-17,25-29H,18-21H2/t25-,26-,27-,28-,29-/m1/s1. The zero-order chi connectivity index (χ0) is 25.0. The lowest BCUT2D eigenvalue weighted by molar-refractivity contribution is -0.217. The van der Waals surface area contributed by atoms with Gasteiger partial charge >= 0.3 is 0 Å². The Morgan fingerprint density at radius 2 is 1.28 bits per heavy atom. The van der Waals surface area contributed by atoms with Crippen molar-refractivity contribution < 1.29 is 18.9 Å². The topological polar surface area (TPSA) is 85.7 Å². The summed E-state index contributed by atoms with van der Waals surface area (Å²) in [6.45, 7) is 1.30. The molecule has 0 N–H and O–H groups in total. The maximum atomic E-state index is 9.28. The largest absolute Gasteiger partial charge is 0.374 e. The smallest absolute Gasteiger partial charge is 0.129 e. The fraction of sp³-hybridized carbons (Fsp3) is 0.310. The van der Waals surface area contributed by atoms with E-state index in [2.05, 4.69) is 15.9 Å². The van der Waals surface area contributed by atoms with Crippen molar-refractivity contribution in [1.82, 2.24) is 0 Å². The van der Waals surface area contributed by atoms with Gasteiger partial charge < -0.3 is 18.9 Å². The third-order valence-corrected chi connectivity index (χ3v) is 5.97. The second-order valence-electron chi connectivity index (χ2n) is 8.48. The molecule has 4 rings (SSSR count). The van der Waals surface area contributed by atoms with Crippen LogP contribution in [-0.2, 0) is 38.8 Å². The number of ether oxygens (including phenoxy) is 4. The zero-order valence-corrected chi connectivity index (χ0v) is 19.9. The second-order valence-corrected chi connectivity index (χ2v) is 8.48. The number of azide groups is 1. The van der Waals surface area contributed by atoms with Gasteiger partial charge in [0.15, 0.2) is 0 Å². The molecule has 0 unspecified atom stereocenters. The van der Waals surface area contributed by atoms with Crippen molar-refractivity contribution in [1.29, 1.82) is 0 Å². The second kappa shape index (κ2) is 13.5. The van der Waals surface area contributed by atoms with Crippen LogP contribution in [0, 0.1) is 12.3 Å². The Morgan fingerprint density at radius 1 is 0.778 bits per heavy atom. The molecule has 0 spiro atoms. The molecule has 0 aliphatic carbocycles. The van der Waals surface area contributed by atoms with Crippen molar-refractivity contribution in [3.8, 4) is 12.3 Å². The van der Waals surface area contributed by atoms with Crippen LogP contribution in [0.15, 0.2) is 96.1 Å². The number of terminal acetylenes is 1. The molecule has 3 aromatic carbocycles. The molecule has 1 aliphatic heterocycles. The van der Waals surface area contributed by atoms with Crippen LogP contribution in [0.25, 0.3) is 10.4 Å². The normalized spacial score (nSPS) is 23.4. The van der Waals surface area contributed by atoms with Gasteiger partial charge in [0.2, 0.25) is 0 Å². The lowest BCUT2D eigenvalue weighted by Crippen LogP contribution is -2.59. The lowest BCUT2D eigenvalue weighted by atomic mass is 9.93. The first kappa shape index (κ1) is 25.5. The first-order valence-corrected chi connectivity index (χ1v) is 11.9. The van der Waals surface area contributed by atoms with Gasteiger partial charge in [-0.15, -0.1) is 6.42 Å². The van der Waals surface area contributed by atoms with E-state index in [1.54, 1.807) is 0 Å². The van der Waals surface area contributed by atoms with Gasteiger partial charge in [-0.25, -0.2) is 0 Å². The molecule has 36 heavy (non-hydrogen) atoms. The molecule has 0 radical (unpaired) electrons. The predicted octanol–water partition coefficient (Wildman–Crippen LogP) is 5.45. The maximum Gasteiger partial charge on any atom is 0.129 e. The van der Waals surface area contributed by atoms with E-state index in [1.165, 1.54) is 0 Å². The van der Waals surface area contributed by atoms with Crippen LogP contribution in [-0.4, -0.2) is 37.1 Å². The zero-order valence-electron chi connectivity index (χ0n) is 19.9. The summed E-state index contributed by atoms with van der Waals surface area (Å²) in [6.07, 6.45) is 3.28. The van der Waals surface area contributed by atoms with E-state index >= 15 is 0 Å². The van der Waals surface area contributed by atoms with E-state index in [0.717, 1.165) is 16.7 Å². The van der Waals surface area contributed by atoms with Crippen LogP contribution in [0.1, 0.15) is 16.7 Å². The first-order valence-electron chi connectivity index (χ1n) is 11.9. The molecule has 7 nitrogen and oxygen atoms in total. The van der Waals surface area contributed by atoms with Gasteiger partial charge in [0.25, 0.3) is 0 Å². The Labute approximate surface area is 211 Å². The van der Waals surface area contributed by atoms with E-state index in [0.29, 0.717) is 19.8 Å². The maximum absolute atomic E-state index is 9.28. The Balaban J connectivity index is 1.56. The third-order valence-electron chi connectivity index (χ3n) is 5.97.